The van der Waals surface area contributed by atoms with Crippen molar-refractivity contribution in [3.8, 4) is 0 Å². The Kier molecular flexibility index (Phi) is 9.03. The van der Waals surface area contributed by atoms with Crippen molar-refractivity contribution >= 4 is 24.0 Å². The van der Waals surface area contributed by atoms with Gasteiger partial charge in [-0.05, 0) is 42.5 Å². The molecule has 3 unspecified atom stereocenters. The number of nitrogens with zero attached hydrogens (tertiary/aromatic N) is 2. The van der Waals surface area contributed by atoms with E-state index in [1.54, 1.807) is 24.3 Å². The Morgan fingerprint density at radius 2 is 1.56 bits per heavy atom. The average Bonchev–Trinajstić information content (AvgIpc) is 3.08. The van der Waals surface area contributed by atoms with Crippen molar-refractivity contribution in [3.05, 3.63) is 78.2 Å². The molecular formula is C27H29KN2O4. The number of carbonyl (C=O) groups excluding carboxylic acids is 4. The maximum absolute atomic E-state index is 13.7. The van der Waals surface area contributed by atoms with Crippen molar-refractivity contribution in [3.63, 3.8) is 0 Å². The van der Waals surface area contributed by atoms with Crippen LogP contribution in [0.2, 0.25) is 0 Å². The first kappa shape index (κ1) is 27.0. The number of hydrogen-bond donors (Lipinski definition) is 0. The van der Waals surface area contributed by atoms with E-state index in [4.69, 9.17) is 0 Å². The molecule has 1 aliphatic carbocycles. The Bertz CT molecular complexity index is 1070. The van der Waals surface area contributed by atoms with Gasteiger partial charge in [0.15, 0.2) is 0 Å². The molecule has 1 fully saturated rings. The number of imide groups is 1. The van der Waals surface area contributed by atoms with Crippen LogP contribution in [-0.4, -0.2) is 46.9 Å². The molecule has 0 spiro atoms. The molecule has 172 valence electrons. The van der Waals surface area contributed by atoms with Crippen molar-refractivity contribution < 1.29 is 70.6 Å². The summed E-state index contributed by atoms with van der Waals surface area (Å²) in [6.07, 6.45) is 5.01. The molecule has 2 heterocycles. The van der Waals surface area contributed by atoms with Gasteiger partial charge in [0.25, 0.3) is 11.8 Å². The van der Waals surface area contributed by atoms with Crippen LogP contribution in [0.25, 0.3) is 0 Å². The average molecular weight is 485 g/mol. The Balaban J connectivity index is 0.00000162. The summed E-state index contributed by atoms with van der Waals surface area (Å²) in [7, 11) is 0. The van der Waals surface area contributed by atoms with Gasteiger partial charge in [-0.2, -0.15) is 0 Å². The summed E-state index contributed by atoms with van der Waals surface area (Å²) in [6, 6.07) is 14.4. The Hall–Kier alpha value is -1.64. The molecule has 6 nitrogen and oxygen atoms in total. The first-order valence-electron chi connectivity index (χ1n) is 11.4. The van der Waals surface area contributed by atoms with Gasteiger partial charge in [0, 0.05) is 18.4 Å². The minimum absolute atomic E-state index is 0. The van der Waals surface area contributed by atoms with Crippen LogP contribution in [0.1, 0.15) is 63.6 Å². The van der Waals surface area contributed by atoms with Gasteiger partial charge < -0.3 is 17.1 Å². The summed E-state index contributed by atoms with van der Waals surface area (Å²) in [5.74, 6) is -1.24. The summed E-state index contributed by atoms with van der Waals surface area (Å²) in [5.41, 5.74) is 2.93. The second-order valence-corrected chi connectivity index (χ2v) is 8.95. The van der Waals surface area contributed by atoms with Crippen molar-refractivity contribution in [2.24, 2.45) is 11.8 Å². The van der Waals surface area contributed by atoms with E-state index in [1.165, 1.54) is 4.90 Å². The number of hydrogen-bond acceptors (Lipinski definition) is 4. The molecule has 0 N–H and O–H groups in total. The number of rotatable bonds is 4. The topological polar surface area (TPSA) is 74.8 Å². The van der Waals surface area contributed by atoms with Crippen LogP contribution in [0.4, 0.5) is 0 Å². The third kappa shape index (κ3) is 4.73. The van der Waals surface area contributed by atoms with Crippen LogP contribution in [-0.2, 0) is 16.0 Å². The zero-order valence-corrected chi connectivity index (χ0v) is 23.0. The zero-order chi connectivity index (χ0) is 22.2. The number of amides is 3. The van der Waals surface area contributed by atoms with Crippen LogP contribution < -0.4 is 51.4 Å². The summed E-state index contributed by atoms with van der Waals surface area (Å²) < 4.78 is 0. The van der Waals surface area contributed by atoms with Gasteiger partial charge in [-0.25, -0.2) is 0 Å². The smallest absolute Gasteiger partial charge is 0.358 e. The number of fused-ring (bicyclic) bond motifs is 2. The summed E-state index contributed by atoms with van der Waals surface area (Å²) in [5, 5.41) is 0. The van der Waals surface area contributed by atoms with Crippen LogP contribution in [0, 0.1) is 19.3 Å². The molecule has 0 saturated heterocycles. The monoisotopic (exact) mass is 484 g/mol. The van der Waals surface area contributed by atoms with E-state index in [0.717, 1.165) is 43.1 Å². The molecule has 2 aliphatic heterocycles. The molecule has 5 rings (SSSR count). The minimum Gasteiger partial charge on any atom is -0.358 e. The molecule has 1 saturated carbocycles. The predicted molar refractivity (Wildman–Crippen MR) is 124 cm³/mol. The van der Waals surface area contributed by atoms with E-state index in [2.05, 4.69) is 0 Å². The maximum atomic E-state index is 13.7. The summed E-state index contributed by atoms with van der Waals surface area (Å²) in [6.45, 7) is 0.638. The largest absolute Gasteiger partial charge is 1.00 e. The van der Waals surface area contributed by atoms with E-state index < -0.39 is 6.04 Å². The minimum atomic E-state index is -0.413. The summed E-state index contributed by atoms with van der Waals surface area (Å²) in [4.78, 5) is 54.5. The first-order chi connectivity index (χ1) is 15.6. The Morgan fingerprint density at radius 1 is 0.941 bits per heavy atom. The molecule has 3 amide bonds. The van der Waals surface area contributed by atoms with Crippen LogP contribution in [0.5, 0.6) is 0 Å². The van der Waals surface area contributed by atoms with Crippen molar-refractivity contribution in [1.82, 2.24) is 9.80 Å². The van der Waals surface area contributed by atoms with Gasteiger partial charge in [0.05, 0.1) is 23.7 Å². The Labute approximate surface area is 243 Å². The fourth-order valence-electron chi connectivity index (χ4n) is 5.53. The Morgan fingerprint density at radius 3 is 2.24 bits per heavy atom. The third-order valence-electron chi connectivity index (χ3n) is 7.24. The van der Waals surface area contributed by atoms with Crippen LogP contribution in [0.3, 0.4) is 0 Å². The molecule has 0 radical (unpaired) electrons. The molecular weight excluding hydrogens is 455 g/mol. The molecule has 3 atom stereocenters. The van der Waals surface area contributed by atoms with Crippen molar-refractivity contribution in [1.29, 1.82) is 0 Å². The molecule has 2 aromatic carbocycles. The standard InChI is InChI=1S/C26H26N2O4.CH3.K/c29-16-18-8-2-4-10-20(18)24(30)27-14-13-17-7-1-3-9-19(17)23(27)15-28-25(31)21-11-5-6-12-22(21)26(28)32;;/h1,3,5-7,9,11-12,16,18,20,23H,2,4,8,10,13-15H2;1H3;/q;-1;+1. The van der Waals surface area contributed by atoms with Crippen LogP contribution >= 0.6 is 0 Å². The SMILES string of the molecule is O=CC1CCCCC1C(=O)N1CCc2ccccc2C1CN1C(=O)c2ccccc2C1=O.[CH3-].[K+]. The van der Waals surface area contributed by atoms with E-state index in [9.17, 15) is 19.2 Å². The molecule has 0 bridgehead atoms. The van der Waals surface area contributed by atoms with E-state index in [0.29, 0.717) is 24.1 Å². The zero-order valence-electron chi connectivity index (χ0n) is 19.9. The number of benzene rings is 2. The number of carbonyl (C=O) groups is 4. The van der Waals surface area contributed by atoms with Gasteiger partial charge in [0.1, 0.15) is 6.29 Å². The fraction of sp³-hybridized carbons (Fsp3) is 0.370. The van der Waals surface area contributed by atoms with Gasteiger partial charge in [0.2, 0.25) is 5.91 Å². The van der Waals surface area contributed by atoms with Gasteiger partial charge in [-0.15, -0.1) is 0 Å². The van der Waals surface area contributed by atoms with Gasteiger partial charge in [-0.3, -0.25) is 19.3 Å². The molecule has 0 aromatic heterocycles. The second-order valence-electron chi connectivity index (χ2n) is 8.95. The van der Waals surface area contributed by atoms with Crippen molar-refractivity contribution in [2.45, 2.75) is 38.1 Å². The first-order valence-corrected chi connectivity index (χ1v) is 11.4. The number of aldehydes is 1. The predicted octanol–water partition coefficient (Wildman–Crippen LogP) is 0.868. The van der Waals surface area contributed by atoms with Crippen molar-refractivity contribution in [2.75, 3.05) is 13.1 Å². The normalized spacial score (nSPS) is 23.4. The van der Waals surface area contributed by atoms with Gasteiger partial charge in [-0.1, -0.05) is 49.2 Å². The third-order valence-corrected chi connectivity index (χ3v) is 7.24. The van der Waals surface area contributed by atoms with Crippen LogP contribution in [0.15, 0.2) is 48.5 Å². The van der Waals surface area contributed by atoms with E-state index >= 15 is 0 Å². The molecule has 34 heavy (non-hydrogen) atoms. The molecule has 2 aromatic rings. The fourth-order valence-corrected chi connectivity index (χ4v) is 5.53. The summed E-state index contributed by atoms with van der Waals surface area (Å²) >= 11 is 0. The quantitative estimate of drug-likeness (QED) is 0.279. The van der Waals surface area contributed by atoms with E-state index in [1.807, 2.05) is 29.2 Å². The van der Waals surface area contributed by atoms with Gasteiger partial charge >= 0.3 is 51.4 Å². The molecule has 3 aliphatic rings. The molecule has 7 heteroatoms. The van der Waals surface area contributed by atoms with E-state index in [-0.39, 0.29) is 94.9 Å². The second kappa shape index (κ2) is 11.4. The maximum Gasteiger partial charge on any atom is 1.00 e.